The van der Waals surface area contributed by atoms with Gasteiger partial charge in [0, 0.05) is 0 Å². The quantitative estimate of drug-likeness (QED) is 0.754. The molecular weight excluding hydrogens is 209 g/mol. The number of carbonyl (C=O) groups is 1. The first-order chi connectivity index (χ1) is 7.59. The Kier molecular flexibility index (Phi) is 2.44. The molecule has 0 unspecified atom stereocenters. The number of ketones is 1. The third kappa shape index (κ3) is 1.67. The zero-order valence-electron chi connectivity index (χ0n) is 8.62. The molecule has 0 bridgehead atoms. The van der Waals surface area contributed by atoms with Crippen LogP contribution in [-0.4, -0.2) is 16.0 Å². The molecule has 1 aromatic carbocycles. The lowest BCUT2D eigenvalue weighted by Crippen LogP contribution is -2.06. The highest BCUT2D eigenvalue weighted by Crippen LogP contribution is 2.17. The van der Waals surface area contributed by atoms with E-state index in [-0.39, 0.29) is 16.9 Å². The number of nitrogen functional groups attached to an aromatic ring is 1. The Bertz CT molecular complexity index is 548. The van der Waals surface area contributed by atoms with Crippen molar-refractivity contribution in [3.8, 4) is 0 Å². The zero-order chi connectivity index (χ0) is 11.7. The lowest BCUT2D eigenvalue weighted by molar-refractivity contribution is 0.103. The van der Waals surface area contributed by atoms with E-state index in [9.17, 15) is 9.18 Å². The molecule has 1 heterocycles. The number of aromatic nitrogens is 2. The summed E-state index contributed by atoms with van der Waals surface area (Å²) in [5.41, 5.74) is 6.51. The number of H-pyrrole nitrogens is 1. The maximum absolute atomic E-state index is 13.5. The molecule has 2 aromatic rings. The smallest absolute Gasteiger partial charge is 0.201 e. The van der Waals surface area contributed by atoms with Crippen LogP contribution in [0, 0.1) is 12.7 Å². The van der Waals surface area contributed by atoms with Crippen LogP contribution in [-0.2, 0) is 0 Å². The summed E-state index contributed by atoms with van der Waals surface area (Å²) in [5.74, 6) is -0.880. The van der Waals surface area contributed by atoms with Crippen LogP contribution in [0.4, 0.5) is 10.2 Å². The van der Waals surface area contributed by atoms with Crippen molar-refractivity contribution >= 4 is 11.6 Å². The van der Waals surface area contributed by atoms with Gasteiger partial charge >= 0.3 is 0 Å². The molecule has 0 saturated heterocycles. The number of benzene rings is 1. The van der Waals surface area contributed by atoms with E-state index in [1.54, 1.807) is 13.0 Å². The molecule has 0 radical (unpaired) electrons. The maximum atomic E-state index is 13.5. The summed E-state index contributed by atoms with van der Waals surface area (Å²) in [4.78, 5) is 11.9. The summed E-state index contributed by atoms with van der Waals surface area (Å²) >= 11 is 0. The maximum Gasteiger partial charge on any atom is 0.201 e. The number of aromatic amines is 1. The second-order valence-corrected chi connectivity index (χ2v) is 3.51. The van der Waals surface area contributed by atoms with E-state index in [0.29, 0.717) is 0 Å². The van der Waals surface area contributed by atoms with E-state index < -0.39 is 11.6 Å². The molecule has 3 N–H and O–H groups in total. The number of nitrogens with two attached hydrogens (primary N) is 1. The second kappa shape index (κ2) is 3.77. The van der Waals surface area contributed by atoms with E-state index in [1.807, 2.05) is 0 Å². The molecule has 0 fully saturated rings. The van der Waals surface area contributed by atoms with Crippen molar-refractivity contribution < 1.29 is 9.18 Å². The molecule has 0 aliphatic heterocycles. The number of anilines is 1. The van der Waals surface area contributed by atoms with E-state index in [1.165, 1.54) is 18.3 Å². The van der Waals surface area contributed by atoms with Crippen molar-refractivity contribution in [1.82, 2.24) is 10.2 Å². The van der Waals surface area contributed by atoms with E-state index in [4.69, 9.17) is 5.73 Å². The van der Waals surface area contributed by atoms with Crippen LogP contribution in [0.3, 0.4) is 0 Å². The summed E-state index contributed by atoms with van der Waals surface area (Å²) in [6, 6.07) is 4.35. The van der Waals surface area contributed by atoms with Crippen LogP contribution >= 0.6 is 0 Å². The molecule has 82 valence electrons. The molecule has 1 aromatic heterocycles. The standard InChI is InChI=1S/C11H10FN3O/c1-6-2-3-9(12)7(4-6)10(16)8-5-14-15-11(8)13/h2-5H,1H3,(H3,13,14,15). The van der Waals surface area contributed by atoms with Gasteiger partial charge in [-0.3, -0.25) is 9.89 Å². The van der Waals surface area contributed by atoms with Crippen molar-refractivity contribution in [1.29, 1.82) is 0 Å². The van der Waals surface area contributed by atoms with E-state index in [0.717, 1.165) is 5.56 Å². The van der Waals surface area contributed by atoms with Gasteiger partial charge in [0.2, 0.25) is 5.78 Å². The topological polar surface area (TPSA) is 71.8 Å². The van der Waals surface area contributed by atoms with Crippen molar-refractivity contribution in [2.45, 2.75) is 6.92 Å². The SMILES string of the molecule is Cc1ccc(F)c(C(=O)c2cn[nH]c2N)c1. The molecular formula is C11H10FN3O. The van der Waals surface area contributed by atoms with Gasteiger partial charge < -0.3 is 5.73 Å². The predicted octanol–water partition coefficient (Wildman–Crippen LogP) is 1.67. The number of hydrogen-bond donors (Lipinski definition) is 2. The molecule has 4 nitrogen and oxygen atoms in total. The molecule has 5 heteroatoms. The Hall–Kier alpha value is -2.17. The lowest BCUT2D eigenvalue weighted by atomic mass is 10.0. The second-order valence-electron chi connectivity index (χ2n) is 3.51. The summed E-state index contributed by atoms with van der Waals surface area (Å²) in [6.07, 6.45) is 1.29. The molecule has 0 amide bonds. The Morgan fingerprint density at radius 3 is 2.81 bits per heavy atom. The van der Waals surface area contributed by atoms with Crippen molar-refractivity contribution in [3.63, 3.8) is 0 Å². The molecule has 0 aliphatic carbocycles. The summed E-state index contributed by atoms with van der Waals surface area (Å²) in [7, 11) is 0. The van der Waals surface area contributed by atoms with Crippen LogP contribution in [0.15, 0.2) is 24.4 Å². The van der Waals surface area contributed by atoms with Crippen molar-refractivity contribution in [2.24, 2.45) is 0 Å². The van der Waals surface area contributed by atoms with Gasteiger partial charge in [-0.15, -0.1) is 0 Å². The third-order valence-electron chi connectivity index (χ3n) is 2.28. The van der Waals surface area contributed by atoms with Gasteiger partial charge in [-0.25, -0.2) is 4.39 Å². The van der Waals surface area contributed by atoms with Crippen LogP contribution in [0.25, 0.3) is 0 Å². The highest BCUT2D eigenvalue weighted by Gasteiger charge is 2.17. The Morgan fingerprint density at radius 2 is 2.19 bits per heavy atom. The lowest BCUT2D eigenvalue weighted by Gasteiger charge is -2.02. The largest absolute Gasteiger partial charge is 0.383 e. The first-order valence-electron chi connectivity index (χ1n) is 4.69. The van der Waals surface area contributed by atoms with Gasteiger partial charge in [-0.05, 0) is 19.1 Å². The van der Waals surface area contributed by atoms with Gasteiger partial charge in [0.15, 0.2) is 0 Å². The fraction of sp³-hybridized carbons (Fsp3) is 0.0909. The molecule has 0 saturated carbocycles. The number of halogens is 1. The van der Waals surface area contributed by atoms with Gasteiger partial charge in [0.05, 0.1) is 17.3 Å². The minimum Gasteiger partial charge on any atom is -0.383 e. The predicted molar refractivity (Wildman–Crippen MR) is 57.6 cm³/mol. The van der Waals surface area contributed by atoms with Gasteiger partial charge in [-0.2, -0.15) is 5.10 Å². The van der Waals surface area contributed by atoms with Crippen LogP contribution in [0.1, 0.15) is 21.5 Å². The molecule has 0 aliphatic rings. The summed E-state index contributed by atoms with van der Waals surface area (Å²) < 4.78 is 13.5. The average Bonchev–Trinajstić information content (AvgIpc) is 2.67. The fourth-order valence-electron chi connectivity index (χ4n) is 1.44. The molecule has 0 atom stereocenters. The summed E-state index contributed by atoms with van der Waals surface area (Å²) in [5, 5.41) is 6.06. The van der Waals surface area contributed by atoms with Crippen LogP contribution in [0.5, 0.6) is 0 Å². The fourth-order valence-corrected chi connectivity index (χ4v) is 1.44. The zero-order valence-corrected chi connectivity index (χ0v) is 8.62. The van der Waals surface area contributed by atoms with Gasteiger partial charge in [-0.1, -0.05) is 11.6 Å². The molecule has 2 rings (SSSR count). The number of carbonyl (C=O) groups excluding carboxylic acids is 1. The first-order valence-corrected chi connectivity index (χ1v) is 4.69. The highest BCUT2D eigenvalue weighted by atomic mass is 19.1. The molecule has 0 spiro atoms. The van der Waals surface area contributed by atoms with E-state index in [2.05, 4.69) is 10.2 Å². The van der Waals surface area contributed by atoms with Crippen LogP contribution in [0.2, 0.25) is 0 Å². The minimum atomic E-state index is -0.559. The number of aryl methyl sites for hydroxylation is 1. The average molecular weight is 219 g/mol. The monoisotopic (exact) mass is 219 g/mol. The molecule has 16 heavy (non-hydrogen) atoms. The Balaban J connectivity index is 2.49. The highest BCUT2D eigenvalue weighted by molar-refractivity contribution is 6.11. The normalized spacial score (nSPS) is 10.4. The summed E-state index contributed by atoms with van der Waals surface area (Å²) in [6.45, 7) is 1.79. The van der Waals surface area contributed by atoms with E-state index >= 15 is 0 Å². The Morgan fingerprint density at radius 1 is 1.44 bits per heavy atom. The van der Waals surface area contributed by atoms with Crippen LogP contribution < -0.4 is 5.73 Å². The number of nitrogens with one attached hydrogen (secondary N) is 1. The van der Waals surface area contributed by atoms with Gasteiger partial charge in [0.25, 0.3) is 0 Å². The van der Waals surface area contributed by atoms with Gasteiger partial charge in [0.1, 0.15) is 11.6 Å². The first kappa shape index (κ1) is 10.4. The van der Waals surface area contributed by atoms with Crippen molar-refractivity contribution in [2.75, 3.05) is 5.73 Å². The third-order valence-corrected chi connectivity index (χ3v) is 2.28. The Labute approximate surface area is 91.3 Å². The number of rotatable bonds is 2. The number of hydrogen-bond acceptors (Lipinski definition) is 3. The minimum absolute atomic E-state index is 0.00750. The number of nitrogens with zero attached hydrogens (tertiary/aromatic N) is 1. The van der Waals surface area contributed by atoms with Crippen molar-refractivity contribution in [3.05, 3.63) is 46.9 Å².